The van der Waals surface area contributed by atoms with Crippen LogP contribution in [-0.2, 0) is 16.0 Å². The van der Waals surface area contributed by atoms with E-state index >= 15 is 0 Å². The number of hydrogen-bond donors (Lipinski definition) is 2. The van der Waals surface area contributed by atoms with Crippen LogP contribution in [0.25, 0.3) is 0 Å². The lowest BCUT2D eigenvalue weighted by Crippen LogP contribution is -2.52. The van der Waals surface area contributed by atoms with Crippen molar-refractivity contribution in [2.24, 2.45) is 5.92 Å². The van der Waals surface area contributed by atoms with Gasteiger partial charge in [-0.25, -0.2) is 0 Å². The van der Waals surface area contributed by atoms with Crippen LogP contribution in [0.1, 0.15) is 25.3 Å². The second-order valence-electron chi connectivity index (χ2n) is 7.18. The number of nitrogens with zero attached hydrogens (tertiary/aromatic N) is 2. The molecule has 2 aliphatic rings. The maximum atomic E-state index is 12.6. The Kier molecular flexibility index (Phi) is 8.54. The van der Waals surface area contributed by atoms with Crippen LogP contribution < -0.4 is 10.6 Å². The standard InChI is InChI=1S/C20H30N4O2.ClH/c1-2-16-5-3-4-6-18(16)22-19(25)15-23-11-13-24(14-12-23)20(26)17-7-9-21-10-8-17;/h3-6,17,21H,2,7-15H2,1H3,(H,22,25);1H. The average molecular weight is 395 g/mol. The van der Waals surface area contributed by atoms with E-state index < -0.39 is 0 Å². The molecule has 2 aliphatic heterocycles. The van der Waals surface area contributed by atoms with Crippen molar-refractivity contribution in [2.45, 2.75) is 26.2 Å². The molecule has 0 radical (unpaired) electrons. The fraction of sp³-hybridized carbons (Fsp3) is 0.600. The molecule has 3 rings (SSSR count). The van der Waals surface area contributed by atoms with Crippen molar-refractivity contribution in [1.82, 2.24) is 15.1 Å². The Labute approximate surface area is 168 Å². The van der Waals surface area contributed by atoms with Gasteiger partial charge >= 0.3 is 0 Å². The molecule has 0 saturated carbocycles. The number of carbonyl (C=O) groups excluding carboxylic acids is 2. The lowest BCUT2D eigenvalue weighted by atomic mass is 9.96. The van der Waals surface area contributed by atoms with Crippen molar-refractivity contribution >= 4 is 29.9 Å². The summed E-state index contributed by atoms with van der Waals surface area (Å²) in [6, 6.07) is 7.93. The minimum atomic E-state index is 0. The van der Waals surface area contributed by atoms with Crippen LogP contribution in [0.3, 0.4) is 0 Å². The zero-order valence-corrected chi connectivity index (χ0v) is 16.9. The van der Waals surface area contributed by atoms with Gasteiger partial charge in [0.15, 0.2) is 0 Å². The first-order valence-electron chi connectivity index (χ1n) is 9.77. The molecule has 27 heavy (non-hydrogen) atoms. The number of para-hydroxylation sites is 1. The number of nitrogens with one attached hydrogen (secondary N) is 2. The highest BCUT2D eigenvalue weighted by atomic mass is 35.5. The first-order chi connectivity index (χ1) is 12.7. The summed E-state index contributed by atoms with van der Waals surface area (Å²) in [6.45, 7) is 7.32. The highest BCUT2D eigenvalue weighted by Gasteiger charge is 2.28. The summed E-state index contributed by atoms with van der Waals surface area (Å²) in [5.41, 5.74) is 2.05. The van der Waals surface area contributed by atoms with E-state index in [2.05, 4.69) is 22.5 Å². The second kappa shape index (κ2) is 10.6. The summed E-state index contributed by atoms with van der Waals surface area (Å²) in [5.74, 6) is 0.494. The summed E-state index contributed by atoms with van der Waals surface area (Å²) in [4.78, 5) is 29.1. The number of benzene rings is 1. The van der Waals surface area contributed by atoms with Crippen LogP contribution >= 0.6 is 12.4 Å². The Hall–Kier alpha value is -1.63. The molecule has 2 amide bonds. The SMILES string of the molecule is CCc1ccccc1NC(=O)CN1CCN(C(=O)C2CCNCC2)CC1.Cl. The fourth-order valence-corrected chi connectivity index (χ4v) is 3.80. The van der Waals surface area contributed by atoms with Gasteiger partial charge in [-0.1, -0.05) is 25.1 Å². The number of piperidine rings is 1. The van der Waals surface area contributed by atoms with Crippen LogP contribution in [0.2, 0.25) is 0 Å². The first kappa shape index (κ1) is 21.7. The maximum absolute atomic E-state index is 12.6. The molecular weight excluding hydrogens is 364 g/mol. The minimum Gasteiger partial charge on any atom is -0.340 e. The van der Waals surface area contributed by atoms with E-state index in [-0.39, 0.29) is 24.2 Å². The second-order valence-corrected chi connectivity index (χ2v) is 7.18. The van der Waals surface area contributed by atoms with E-state index in [1.54, 1.807) is 0 Å². The van der Waals surface area contributed by atoms with Crippen molar-refractivity contribution in [2.75, 3.05) is 51.1 Å². The monoisotopic (exact) mass is 394 g/mol. The molecule has 0 aliphatic carbocycles. The van der Waals surface area contributed by atoms with E-state index in [4.69, 9.17) is 0 Å². The van der Waals surface area contributed by atoms with E-state index in [1.807, 2.05) is 29.2 Å². The molecule has 1 aromatic rings. The predicted molar refractivity (Wildman–Crippen MR) is 110 cm³/mol. The Bertz CT molecular complexity index is 626. The number of rotatable bonds is 5. The maximum Gasteiger partial charge on any atom is 0.238 e. The third-order valence-electron chi connectivity index (χ3n) is 5.41. The van der Waals surface area contributed by atoms with Crippen LogP contribution in [0, 0.1) is 5.92 Å². The van der Waals surface area contributed by atoms with Crippen molar-refractivity contribution in [3.63, 3.8) is 0 Å². The van der Waals surface area contributed by atoms with Gasteiger partial charge in [-0.2, -0.15) is 0 Å². The quantitative estimate of drug-likeness (QED) is 0.798. The lowest BCUT2D eigenvalue weighted by Gasteiger charge is -2.37. The van der Waals surface area contributed by atoms with Crippen LogP contribution in [0.4, 0.5) is 5.69 Å². The average Bonchev–Trinajstić information content (AvgIpc) is 2.69. The third-order valence-corrected chi connectivity index (χ3v) is 5.41. The number of anilines is 1. The topological polar surface area (TPSA) is 64.7 Å². The molecule has 2 N–H and O–H groups in total. The fourth-order valence-electron chi connectivity index (χ4n) is 3.80. The first-order valence-corrected chi connectivity index (χ1v) is 9.77. The predicted octanol–water partition coefficient (Wildman–Crippen LogP) is 1.75. The Morgan fingerprint density at radius 2 is 1.78 bits per heavy atom. The smallest absolute Gasteiger partial charge is 0.238 e. The lowest BCUT2D eigenvalue weighted by molar-refractivity contribution is -0.138. The third kappa shape index (κ3) is 5.92. The normalized spacial score (nSPS) is 18.6. The summed E-state index contributed by atoms with van der Waals surface area (Å²) in [5, 5.41) is 6.33. The van der Waals surface area contributed by atoms with Crippen LogP contribution in [0.5, 0.6) is 0 Å². The van der Waals surface area contributed by atoms with Crippen LogP contribution in [-0.4, -0.2) is 67.4 Å². The van der Waals surface area contributed by atoms with E-state index in [9.17, 15) is 9.59 Å². The Morgan fingerprint density at radius 3 is 2.44 bits per heavy atom. The number of piperazine rings is 1. The number of halogens is 1. The van der Waals surface area contributed by atoms with Gasteiger partial charge in [-0.05, 0) is 44.0 Å². The van der Waals surface area contributed by atoms with E-state index in [1.165, 1.54) is 0 Å². The molecule has 2 heterocycles. The molecule has 0 aromatic heterocycles. The van der Waals surface area contributed by atoms with Crippen molar-refractivity contribution in [3.8, 4) is 0 Å². The van der Waals surface area contributed by atoms with E-state index in [0.29, 0.717) is 12.5 Å². The Morgan fingerprint density at radius 1 is 1.11 bits per heavy atom. The summed E-state index contributed by atoms with van der Waals surface area (Å²) >= 11 is 0. The largest absolute Gasteiger partial charge is 0.340 e. The van der Waals surface area contributed by atoms with Gasteiger partial charge in [0.1, 0.15) is 0 Å². The van der Waals surface area contributed by atoms with Crippen molar-refractivity contribution in [3.05, 3.63) is 29.8 Å². The molecule has 1 aromatic carbocycles. The summed E-state index contributed by atoms with van der Waals surface area (Å²) < 4.78 is 0. The summed E-state index contributed by atoms with van der Waals surface area (Å²) in [6.07, 6.45) is 2.78. The Balaban J connectivity index is 0.00000261. The summed E-state index contributed by atoms with van der Waals surface area (Å²) in [7, 11) is 0. The van der Waals surface area contributed by atoms with Crippen molar-refractivity contribution < 1.29 is 9.59 Å². The van der Waals surface area contributed by atoms with Gasteiger partial charge in [0.2, 0.25) is 11.8 Å². The molecule has 2 saturated heterocycles. The van der Waals surface area contributed by atoms with Gasteiger partial charge in [0.25, 0.3) is 0 Å². The number of aryl methyl sites for hydroxylation is 1. The molecule has 0 bridgehead atoms. The molecule has 0 spiro atoms. The van der Waals surface area contributed by atoms with Gasteiger partial charge in [-0.15, -0.1) is 12.4 Å². The van der Waals surface area contributed by atoms with Gasteiger partial charge < -0.3 is 15.5 Å². The molecule has 7 heteroatoms. The van der Waals surface area contributed by atoms with Gasteiger partial charge in [0, 0.05) is 37.8 Å². The van der Waals surface area contributed by atoms with Crippen molar-refractivity contribution in [1.29, 1.82) is 0 Å². The van der Waals surface area contributed by atoms with Crippen LogP contribution in [0.15, 0.2) is 24.3 Å². The molecular formula is C20H31ClN4O2. The molecule has 2 fully saturated rings. The minimum absolute atomic E-state index is 0. The molecule has 6 nitrogen and oxygen atoms in total. The highest BCUT2D eigenvalue weighted by Crippen LogP contribution is 2.17. The number of amides is 2. The highest BCUT2D eigenvalue weighted by molar-refractivity contribution is 5.93. The molecule has 150 valence electrons. The molecule has 0 unspecified atom stereocenters. The van der Waals surface area contributed by atoms with Gasteiger partial charge in [0.05, 0.1) is 6.54 Å². The molecule has 0 atom stereocenters. The van der Waals surface area contributed by atoms with E-state index in [0.717, 1.165) is 69.8 Å². The number of hydrogen-bond acceptors (Lipinski definition) is 4. The number of carbonyl (C=O) groups is 2. The van der Waals surface area contributed by atoms with Gasteiger partial charge in [-0.3, -0.25) is 14.5 Å². The zero-order chi connectivity index (χ0) is 18.4. The zero-order valence-electron chi connectivity index (χ0n) is 16.1.